The highest BCUT2D eigenvalue weighted by Crippen LogP contribution is 2.31. The molecule has 0 amide bonds. The van der Waals surface area contributed by atoms with E-state index >= 15 is 0 Å². The lowest BCUT2D eigenvalue weighted by molar-refractivity contribution is 0.222. The van der Waals surface area contributed by atoms with Crippen molar-refractivity contribution in [3.05, 3.63) is 23.2 Å². The fraction of sp³-hybridized carbons (Fsp3) is 0.667. The van der Waals surface area contributed by atoms with Gasteiger partial charge in [0.15, 0.2) is 0 Å². The summed E-state index contributed by atoms with van der Waals surface area (Å²) in [7, 11) is -3.51. The minimum atomic E-state index is -3.51. The molecule has 1 aliphatic rings. The molecular formula is C18H28ClNO3S. The lowest BCUT2D eigenvalue weighted by atomic mass is 9.94. The zero-order valence-electron chi connectivity index (χ0n) is 14.8. The van der Waals surface area contributed by atoms with Gasteiger partial charge in [0, 0.05) is 19.2 Å². The van der Waals surface area contributed by atoms with E-state index < -0.39 is 10.0 Å². The lowest BCUT2D eigenvalue weighted by Crippen LogP contribution is -2.42. The van der Waals surface area contributed by atoms with Gasteiger partial charge in [0.05, 0.1) is 16.5 Å². The van der Waals surface area contributed by atoms with E-state index in [0.717, 1.165) is 25.7 Å². The number of benzene rings is 1. The summed E-state index contributed by atoms with van der Waals surface area (Å²) in [5, 5.41) is 0.450. The maximum atomic E-state index is 12.9. The van der Waals surface area contributed by atoms with Crippen molar-refractivity contribution in [1.29, 1.82) is 0 Å². The van der Waals surface area contributed by atoms with Crippen LogP contribution in [0.5, 0.6) is 5.75 Å². The zero-order valence-corrected chi connectivity index (χ0v) is 16.4. The first-order chi connectivity index (χ1) is 11.3. The first-order valence-electron chi connectivity index (χ1n) is 8.77. The maximum absolute atomic E-state index is 12.9. The van der Waals surface area contributed by atoms with Crippen molar-refractivity contribution in [2.45, 2.75) is 51.3 Å². The van der Waals surface area contributed by atoms with E-state index in [9.17, 15) is 8.42 Å². The first kappa shape index (κ1) is 19.5. The van der Waals surface area contributed by atoms with Gasteiger partial charge in [-0.05, 0) is 36.8 Å². The standard InChI is InChI=1S/C18H28ClNO3S/c1-4-5-6-9-23-18-11-16(7-8-17(18)19)24(21,22)20-12-14(2)10-15(3)13-20/h7-8,11,14-15H,4-6,9-10,12-13H2,1-3H3/t14-,15-/m1/s1. The van der Waals surface area contributed by atoms with Crippen LogP contribution in [0.25, 0.3) is 0 Å². The predicted octanol–water partition coefficient (Wildman–Crippen LogP) is 4.58. The van der Waals surface area contributed by atoms with E-state index in [4.69, 9.17) is 16.3 Å². The molecule has 0 aromatic heterocycles. The molecule has 0 unspecified atom stereocenters. The van der Waals surface area contributed by atoms with Crippen LogP contribution in [0.4, 0.5) is 0 Å². The van der Waals surface area contributed by atoms with Crippen molar-refractivity contribution in [2.24, 2.45) is 11.8 Å². The lowest BCUT2D eigenvalue weighted by Gasteiger charge is -2.34. The SMILES string of the molecule is CCCCCOc1cc(S(=O)(=O)N2C[C@H](C)C[C@@H](C)C2)ccc1Cl. The topological polar surface area (TPSA) is 46.6 Å². The fourth-order valence-electron chi connectivity index (χ4n) is 3.24. The average Bonchev–Trinajstić information content (AvgIpc) is 2.52. The Morgan fingerprint density at radius 3 is 2.50 bits per heavy atom. The minimum absolute atomic E-state index is 0.263. The number of nitrogens with zero attached hydrogens (tertiary/aromatic N) is 1. The van der Waals surface area contributed by atoms with Gasteiger partial charge < -0.3 is 4.74 Å². The van der Waals surface area contributed by atoms with Gasteiger partial charge in [-0.15, -0.1) is 0 Å². The summed E-state index contributed by atoms with van der Waals surface area (Å²) in [6.07, 6.45) is 4.19. The Hall–Kier alpha value is -0.780. The number of halogens is 1. The molecule has 1 heterocycles. The largest absolute Gasteiger partial charge is 0.492 e. The van der Waals surface area contributed by atoms with E-state index in [1.165, 1.54) is 0 Å². The summed E-state index contributed by atoms with van der Waals surface area (Å²) in [4.78, 5) is 0.263. The number of ether oxygens (including phenoxy) is 1. The summed E-state index contributed by atoms with van der Waals surface area (Å²) in [5.41, 5.74) is 0. The van der Waals surface area contributed by atoms with Gasteiger partial charge in [-0.3, -0.25) is 0 Å². The molecule has 0 aliphatic carbocycles. The van der Waals surface area contributed by atoms with Crippen LogP contribution in [0.2, 0.25) is 5.02 Å². The second-order valence-corrected chi connectivity index (χ2v) is 9.26. The summed E-state index contributed by atoms with van der Waals surface area (Å²) >= 11 is 6.16. The van der Waals surface area contributed by atoms with Crippen molar-refractivity contribution >= 4 is 21.6 Å². The Morgan fingerprint density at radius 2 is 1.88 bits per heavy atom. The van der Waals surface area contributed by atoms with E-state index in [0.29, 0.717) is 42.3 Å². The summed E-state index contributed by atoms with van der Waals surface area (Å²) in [6, 6.07) is 4.74. The molecule has 1 aliphatic heterocycles. The number of hydrogen-bond acceptors (Lipinski definition) is 3. The second-order valence-electron chi connectivity index (χ2n) is 6.92. The third kappa shape index (κ3) is 4.87. The third-order valence-electron chi connectivity index (χ3n) is 4.38. The molecular weight excluding hydrogens is 346 g/mol. The highest BCUT2D eigenvalue weighted by atomic mass is 35.5. The smallest absolute Gasteiger partial charge is 0.243 e. The van der Waals surface area contributed by atoms with Crippen LogP contribution < -0.4 is 4.74 Å². The van der Waals surface area contributed by atoms with Crippen LogP contribution in [-0.2, 0) is 10.0 Å². The third-order valence-corrected chi connectivity index (χ3v) is 6.52. The van der Waals surface area contributed by atoms with Crippen LogP contribution >= 0.6 is 11.6 Å². The van der Waals surface area contributed by atoms with Gasteiger partial charge >= 0.3 is 0 Å². The van der Waals surface area contributed by atoms with Gasteiger partial charge in [-0.1, -0.05) is 45.2 Å². The molecule has 0 N–H and O–H groups in total. The fourth-order valence-corrected chi connectivity index (χ4v) is 5.11. The van der Waals surface area contributed by atoms with Crippen LogP contribution in [-0.4, -0.2) is 32.4 Å². The van der Waals surface area contributed by atoms with Gasteiger partial charge in [-0.25, -0.2) is 8.42 Å². The van der Waals surface area contributed by atoms with E-state index in [-0.39, 0.29) is 4.90 Å². The van der Waals surface area contributed by atoms with Crippen molar-refractivity contribution < 1.29 is 13.2 Å². The van der Waals surface area contributed by atoms with Crippen molar-refractivity contribution in [1.82, 2.24) is 4.31 Å². The molecule has 2 rings (SSSR count). The summed E-state index contributed by atoms with van der Waals surface area (Å²) < 4.78 is 33.2. The average molecular weight is 374 g/mol. The van der Waals surface area contributed by atoms with Crippen LogP contribution in [0.15, 0.2) is 23.1 Å². The molecule has 2 atom stereocenters. The molecule has 0 radical (unpaired) electrons. The normalized spacial score (nSPS) is 22.5. The highest BCUT2D eigenvalue weighted by molar-refractivity contribution is 7.89. The Labute approximate surface area is 151 Å². The maximum Gasteiger partial charge on any atom is 0.243 e. The number of sulfonamides is 1. The molecule has 24 heavy (non-hydrogen) atoms. The van der Waals surface area contributed by atoms with Gasteiger partial charge in [0.1, 0.15) is 5.75 Å². The molecule has 0 saturated carbocycles. The van der Waals surface area contributed by atoms with E-state index in [1.54, 1.807) is 22.5 Å². The molecule has 1 aromatic carbocycles. The van der Waals surface area contributed by atoms with Crippen molar-refractivity contribution in [3.8, 4) is 5.75 Å². The molecule has 0 bridgehead atoms. The predicted molar refractivity (Wildman–Crippen MR) is 98.2 cm³/mol. The molecule has 1 aromatic rings. The number of rotatable bonds is 7. The summed E-state index contributed by atoms with van der Waals surface area (Å²) in [6.45, 7) is 8.02. The van der Waals surface area contributed by atoms with Crippen LogP contribution in [0, 0.1) is 11.8 Å². The molecule has 1 saturated heterocycles. The van der Waals surface area contributed by atoms with E-state index in [1.807, 2.05) is 0 Å². The Kier molecular flexibility index (Phi) is 6.96. The minimum Gasteiger partial charge on any atom is -0.492 e. The molecule has 4 nitrogen and oxygen atoms in total. The van der Waals surface area contributed by atoms with Crippen LogP contribution in [0.3, 0.4) is 0 Å². The number of piperidine rings is 1. The van der Waals surface area contributed by atoms with Gasteiger partial charge in [0.25, 0.3) is 0 Å². The molecule has 136 valence electrons. The van der Waals surface area contributed by atoms with E-state index in [2.05, 4.69) is 20.8 Å². The first-order valence-corrected chi connectivity index (χ1v) is 10.6. The molecule has 6 heteroatoms. The van der Waals surface area contributed by atoms with Crippen molar-refractivity contribution in [3.63, 3.8) is 0 Å². The Bertz CT molecular complexity index is 638. The molecule has 0 spiro atoms. The monoisotopic (exact) mass is 373 g/mol. The van der Waals surface area contributed by atoms with Gasteiger partial charge in [-0.2, -0.15) is 4.31 Å². The molecule has 1 fully saturated rings. The quantitative estimate of drug-likeness (QED) is 0.657. The Morgan fingerprint density at radius 1 is 1.21 bits per heavy atom. The number of hydrogen-bond donors (Lipinski definition) is 0. The highest BCUT2D eigenvalue weighted by Gasteiger charge is 2.32. The van der Waals surface area contributed by atoms with Crippen LogP contribution in [0.1, 0.15) is 46.5 Å². The Balaban J connectivity index is 2.17. The second kappa shape index (κ2) is 8.54. The number of unbranched alkanes of at least 4 members (excludes halogenated alkanes) is 2. The van der Waals surface area contributed by atoms with Gasteiger partial charge in [0.2, 0.25) is 10.0 Å². The summed E-state index contributed by atoms with van der Waals surface area (Å²) in [5.74, 6) is 1.20. The zero-order chi connectivity index (χ0) is 17.7. The van der Waals surface area contributed by atoms with Crippen molar-refractivity contribution in [2.75, 3.05) is 19.7 Å².